The van der Waals surface area contributed by atoms with Gasteiger partial charge in [-0.05, 0) is 49.9 Å². The summed E-state index contributed by atoms with van der Waals surface area (Å²) in [5.41, 5.74) is 3.42. The maximum Gasteiger partial charge on any atom is 0.272 e. The Morgan fingerprint density at radius 3 is 2.78 bits per heavy atom. The number of aromatic nitrogens is 3. The van der Waals surface area contributed by atoms with Gasteiger partial charge in [0.15, 0.2) is 5.13 Å². The molecular formula is C20H23N5OS. The van der Waals surface area contributed by atoms with Gasteiger partial charge in [-0.25, -0.2) is 4.98 Å². The van der Waals surface area contributed by atoms with E-state index in [1.54, 1.807) is 35.9 Å². The van der Waals surface area contributed by atoms with E-state index in [9.17, 15) is 4.79 Å². The van der Waals surface area contributed by atoms with Gasteiger partial charge < -0.3 is 14.8 Å². The molecule has 3 aromatic rings. The van der Waals surface area contributed by atoms with Gasteiger partial charge in [-0.3, -0.25) is 9.78 Å². The fourth-order valence-corrected chi connectivity index (χ4v) is 4.25. The molecule has 27 heavy (non-hydrogen) atoms. The average molecular weight is 382 g/mol. The highest BCUT2D eigenvalue weighted by Crippen LogP contribution is 2.25. The van der Waals surface area contributed by atoms with Gasteiger partial charge in [-0.2, -0.15) is 0 Å². The number of amides is 1. The van der Waals surface area contributed by atoms with Crippen molar-refractivity contribution < 1.29 is 4.79 Å². The van der Waals surface area contributed by atoms with Gasteiger partial charge in [0.1, 0.15) is 5.69 Å². The zero-order valence-electron chi connectivity index (χ0n) is 15.4. The quantitative estimate of drug-likeness (QED) is 0.727. The molecule has 0 spiro atoms. The lowest BCUT2D eigenvalue weighted by Crippen LogP contribution is -2.29. The number of hydrogen-bond donors (Lipinski definition) is 1. The second kappa shape index (κ2) is 7.92. The third kappa shape index (κ3) is 4.19. The molecule has 1 aliphatic rings. The number of carbonyl (C=O) groups excluding carboxylic acids is 1. The van der Waals surface area contributed by atoms with E-state index in [1.165, 1.54) is 19.3 Å². The van der Waals surface area contributed by atoms with Crippen molar-refractivity contribution in [1.29, 1.82) is 0 Å². The molecular weight excluding hydrogens is 358 g/mol. The second-order valence-corrected chi connectivity index (χ2v) is 7.73. The van der Waals surface area contributed by atoms with Crippen LogP contribution in [0.2, 0.25) is 0 Å². The Hall–Kier alpha value is -2.67. The molecule has 0 aromatic carbocycles. The zero-order valence-corrected chi connectivity index (χ0v) is 16.2. The first-order chi connectivity index (χ1) is 13.2. The van der Waals surface area contributed by atoms with Gasteiger partial charge in [0.05, 0.1) is 12.2 Å². The van der Waals surface area contributed by atoms with Crippen LogP contribution in [0.4, 0.5) is 10.8 Å². The number of aryl methyl sites for hydroxylation is 1. The number of carbonyl (C=O) groups is 1. The molecule has 3 aromatic heterocycles. The van der Waals surface area contributed by atoms with Crippen LogP contribution in [-0.2, 0) is 6.54 Å². The number of rotatable bonds is 5. The summed E-state index contributed by atoms with van der Waals surface area (Å²) in [6.45, 7) is 4.78. The second-order valence-electron chi connectivity index (χ2n) is 6.89. The smallest absolute Gasteiger partial charge is 0.272 e. The van der Waals surface area contributed by atoms with Gasteiger partial charge in [0, 0.05) is 42.7 Å². The largest absolute Gasteiger partial charge is 0.348 e. The van der Waals surface area contributed by atoms with E-state index in [1.807, 2.05) is 23.8 Å². The summed E-state index contributed by atoms with van der Waals surface area (Å²) < 4.78 is 1.97. The summed E-state index contributed by atoms with van der Waals surface area (Å²) in [4.78, 5) is 23.9. The van der Waals surface area contributed by atoms with E-state index in [-0.39, 0.29) is 5.91 Å². The van der Waals surface area contributed by atoms with Crippen LogP contribution in [0.5, 0.6) is 0 Å². The molecule has 1 amide bonds. The topological polar surface area (TPSA) is 63.1 Å². The number of hydrogen-bond acceptors (Lipinski definition) is 5. The lowest BCUT2D eigenvalue weighted by molar-refractivity contribution is 0.101. The van der Waals surface area contributed by atoms with Crippen LogP contribution in [-0.4, -0.2) is 33.5 Å². The third-order valence-electron chi connectivity index (χ3n) is 4.70. The Kier molecular flexibility index (Phi) is 5.20. The van der Waals surface area contributed by atoms with E-state index in [2.05, 4.69) is 20.6 Å². The molecule has 0 saturated carbocycles. The first-order valence-electron chi connectivity index (χ1n) is 9.26. The van der Waals surface area contributed by atoms with Crippen molar-refractivity contribution in [3.63, 3.8) is 0 Å². The molecule has 1 fully saturated rings. The minimum atomic E-state index is -0.124. The maximum absolute atomic E-state index is 12.7. The third-order valence-corrected chi connectivity index (χ3v) is 5.65. The number of thiazole rings is 1. The highest BCUT2D eigenvalue weighted by atomic mass is 32.1. The molecule has 1 saturated heterocycles. The molecule has 4 rings (SSSR count). The van der Waals surface area contributed by atoms with Crippen LogP contribution < -0.4 is 10.2 Å². The van der Waals surface area contributed by atoms with Crippen molar-refractivity contribution in [2.45, 2.75) is 32.7 Å². The highest BCUT2D eigenvalue weighted by Gasteiger charge is 2.17. The summed E-state index contributed by atoms with van der Waals surface area (Å²) in [5, 5.41) is 6.12. The molecule has 0 bridgehead atoms. The van der Waals surface area contributed by atoms with Crippen LogP contribution >= 0.6 is 11.3 Å². The van der Waals surface area contributed by atoms with Crippen LogP contribution in [0.3, 0.4) is 0 Å². The SMILES string of the molecule is Cc1cc(C(=O)Nc2ccncc2)n(Cc2csc(N3CCCCC3)n2)c1. The van der Waals surface area contributed by atoms with Crippen molar-refractivity contribution in [1.82, 2.24) is 14.5 Å². The molecule has 1 N–H and O–H groups in total. The summed E-state index contributed by atoms with van der Waals surface area (Å²) in [7, 11) is 0. The molecule has 7 heteroatoms. The number of nitrogens with zero attached hydrogens (tertiary/aromatic N) is 4. The predicted molar refractivity (Wildman–Crippen MR) is 109 cm³/mol. The van der Waals surface area contributed by atoms with E-state index in [0.29, 0.717) is 12.2 Å². The van der Waals surface area contributed by atoms with Crippen molar-refractivity contribution in [3.8, 4) is 0 Å². The fraction of sp³-hybridized carbons (Fsp3) is 0.350. The summed E-state index contributed by atoms with van der Waals surface area (Å²) in [6.07, 6.45) is 9.12. The first-order valence-corrected chi connectivity index (χ1v) is 10.1. The van der Waals surface area contributed by atoms with Crippen molar-refractivity contribution in [3.05, 3.63) is 59.1 Å². The Bertz CT molecular complexity index is 912. The molecule has 6 nitrogen and oxygen atoms in total. The molecule has 140 valence electrons. The number of piperidine rings is 1. The zero-order chi connectivity index (χ0) is 18.6. The molecule has 0 atom stereocenters. The van der Waals surface area contributed by atoms with Gasteiger partial charge in [0.2, 0.25) is 0 Å². The Labute approximate surface area is 162 Å². The minimum absolute atomic E-state index is 0.124. The summed E-state index contributed by atoms with van der Waals surface area (Å²) >= 11 is 1.69. The number of anilines is 2. The van der Waals surface area contributed by atoms with Crippen molar-refractivity contribution in [2.75, 3.05) is 23.3 Å². The molecule has 1 aliphatic heterocycles. The Morgan fingerprint density at radius 1 is 1.22 bits per heavy atom. The summed E-state index contributed by atoms with van der Waals surface area (Å²) in [5.74, 6) is -0.124. The van der Waals surface area contributed by atoms with Gasteiger partial charge in [0.25, 0.3) is 5.91 Å². The van der Waals surface area contributed by atoms with Crippen molar-refractivity contribution >= 4 is 28.1 Å². The lowest BCUT2D eigenvalue weighted by atomic mass is 10.1. The number of nitrogens with one attached hydrogen (secondary N) is 1. The standard InChI is InChI=1S/C20H23N5OS/c1-15-11-18(19(26)22-16-5-7-21-8-6-16)25(12-15)13-17-14-27-20(23-17)24-9-3-2-4-10-24/h5-8,11-12,14H,2-4,9-10,13H2,1H3,(H,21,22,26). The highest BCUT2D eigenvalue weighted by molar-refractivity contribution is 7.13. The average Bonchev–Trinajstić information content (AvgIpc) is 3.30. The first kappa shape index (κ1) is 17.7. The Morgan fingerprint density at radius 2 is 2.00 bits per heavy atom. The minimum Gasteiger partial charge on any atom is -0.348 e. The normalized spacial score (nSPS) is 14.3. The molecule has 0 unspecified atom stereocenters. The van der Waals surface area contributed by atoms with E-state index < -0.39 is 0 Å². The van der Waals surface area contributed by atoms with Gasteiger partial charge in [-0.15, -0.1) is 11.3 Å². The Balaban J connectivity index is 1.49. The van der Waals surface area contributed by atoms with E-state index in [4.69, 9.17) is 4.98 Å². The predicted octanol–water partition coefficient (Wildman–Crippen LogP) is 3.94. The van der Waals surface area contributed by atoms with Crippen LogP contribution in [0, 0.1) is 6.92 Å². The lowest BCUT2D eigenvalue weighted by Gasteiger charge is -2.25. The fourth-order valence-electron chi connectivity index (χ4n) is 3.38. The van der Waals surface area contributed by atoms with Gasteiger partial charge in [-0.1, -0.05) is 0 Å². The molecule has 0 aliphatic carbocycles. The van der Waals surface area contributed by atoms with E-state index in [0.717, 1.165) is 35.2 Å². The molecule has 4 heterocycles. The van der Waals surface area contributed by atoms with Crippen LogP contribution in [0.25, 0.3) is 0 Å². The van der Waals surface area contributed by atoms with Crippen molar-refractivity contribution in [2.24, 2.45) is 0 Å². The molecule has 0 radical (unpaired) electrons. The monoisotopic (exact) mass is 381 g/mol. The number of pyridine rings is 1. The van der Waals surface area contributed by atoms with Gasteiger partial charge >= 0.3 is 0 Å². The van der Waals surface area contributed by atoms with E-state index >= 15 is 0 Å². The maximum atomic E-state index is 12.7. The van der Waals surface area contributed by atoms with Crippen LogP contribution in [0.15, 0.2) is 42.2 Å². The van der Waals surface area contributed by atoms with Crippen LogP contribution in [0.1, 0.15) is 41.0 Å². The summed E-state index contributed by atoms with van der Waals surface area (Å²) in [6, 6.07) is 5.47.